The minimum atomic E-state index is 0.473. The van der Waals surface area contributed by atoms with E-state index in [1.165, 1.54) is 318 Å². The first-order valence-electron chi connectivity index (χ1n) is 39.5. The molecule has 11 rings (SSSR count). The molecule has 6 nitrogen and oxygen atoms in total. The molecule has 0 fully saturated rings. The first-order chi connectivity index (χ1) is 49.3. The first kappa shape index (κ1) is 76.7. The Balaban J connectivity index is 1.01. The molecule has 0 N–H and O–H groups in total. The van der Waals surface area contributed by atoms with Crippen LogP contribution in [0, 0.1) is 11.8 Å². The van der Waals surface area contributed by atoms with E-state index in [0.717, 1.165) is 72.1 Å². The third-order valence-electron chi connectivity index (χ3n) is 20.8. The van der Waals surface area contributed by atoms with E-state index in [-0.39, 0.29) is 0 Å². The van der Waals surface area contributed by atoms with Crippen LogP contribution in [0.15, 0.2) is 72.8 Å². The van der Waals surface area contributed by atoms with Crippen LogP contribution < -0.4 is 9.47 Å². The van der Waals surface area contributed by atoms with Crippen molar-refractivity contribution in [2.24, 2.45) is 11.8 Å². The van der Waals surface area contributed by atoms with Gasteiger partial charge in [-0.2, -0.15) is 17.5 Å². The summed E-state index contributed by atoms with van der Waals surface area (Å²) in [6.07, 6.45) is 44.8. The molecule has 0 radical (unpaired) electrons. The SMILES string of the molecule is CCCCCCCCc1ccc(-c2ccc(-c3cc(CCCCCCCC)c(-c4cc5c(OCC(CC)CCCC)c6sc(-c7sc(-c8ccc(-c9ccc(CCCCCCCC)s9)c9nsnc89)cc7CCCCCCCC)cc6c(OCC(CC)CCCC)c5s4)s3)c3nsnc23)s1. The van der Waals surface area contributed by atoms with Crippen LogP contribution in [-0.2, 0) is 25.7 Å². The summed E-state index contributed by atoms with van der Waals surface area (Å²) in [5.41, 5.74) is 11.8. The number of thiophene rings is 6. The second-order valence-corrected chi connectivity index (χ2v) is 36.2. The van der Waals surface area contributed by atoms with Crippen LogP contribution >= 0.6 is 91.5 Å². The van der Waals surface area contributed by atoms with Gasteiger partial charge in [0.2, 0.25) is 0 Å². The van der Waals surface area contributed by atoms with Crippen molar-refractivity contribution in [3.63, 3.8) is 0 Å². The lowest BCUT2D eigenvalue weighted by molar-refractivity contribution is 0.235. The van der Waals surface area contributed by atoms with Gasteiger partial charge in [-0.05, 0) is 136 Å². The van der Waals surface area contributed by atoms with Crippen molar-refractivity contribution in [2.45, 2.75) is 287 Å². The molecule has 0 bridgehead atoms. The minimum Gasteiger partial charge on any atom is -0.491 e. The molecule has 0 spiro atoms. The highest BCUT2D eigenvalue weighted by Crippen LogP contribution is 2.56. The van der Waals surface area contributed by atoms with Crippen LogP contribution in [0.2, 0.25) is 0 Å². The molecule has 11 aromatic rings. The Kier molecular flexibility index (Phi) is 30.9. The predicted octanol–water partition coefficient (Wildman–Crippen LogP) is 31.2. The molecule has 8 aromatic heterocycles. The van der Waals surface area contributed by atoms with Gasteiger partial charge in [0.15, 0.2) is 0 Å². The Morgan fingerprint density at radius 3 is 0.990 bits per heavy atom. The second kappa shape index (κ2) is 40.2. The lowest BCUT2D eigenvalue weighted by Crippen LogP contribution is -2.12. The topological polar surface area (TPSA) is 70.0 Å². The molecular formula is C86H114N4O2S8. The van der Waals surface area contributed by atoms with Gasteiger partial charge in [-0.25, -0.2) is 0 Å². The van der Waals surface area contributed by atoms with Crippen molar-refractivity contribution in [1.82, 2.24) is 17.5 Å². The fourth-order valence-corrected chi connectivity index (χ4v) is 22.9. The molecule has 0 aliphatic carbocycles. The number of ether oxygens (including phenoxy) is 2. The lowest BCUT2D eigenvalue weighted by atomic mass is 10.0. The van der Waals surface area contributed by atoms with Gasteiger partial charge in [0.1, 0.15) is 33.6 Å². The van der Waals surface area contributed by atoms with Gasteiger partial charge in [0.05, 0.1) is 46.1 Å². The lowest BCUT2D eigenvalue weighted by Gasteiger charge is -2.19. The predicted molar refractivity (Wildman–Crippen MR) is 449 cm³/mol. The van der Waals surface area contributed by atoms with Crippen molar-refractivity contribution >= 4 is 134 Å². The highest BCUT2D eigenvalue weighted by Gasteiger charge is 2.29. The summed E-state index contributed by atoms with van der Waals surface area (Å²) >= 11 is 14.4. The highest BCUT2D eigenvalue weighted by molar-refractivity contribution is 7.29. The van der Waals surface area contributed by atoms with E-state index in [1.54, 1.807) is 0 Å². The highest BCUT2D eigenvalue weighted by atomic mass is 32.1. The smallest absolute Gasteiger partial charge is 0.146 e. The summed E-state index contributed by atoms with van der Waals surface area (Å²) in [5.74, 6) is 3.02. The maximum absolute atomic E-state index is 7.56. The van der Waals surface area contributed by atoms with Crippen molar-refractivity contribution in [3.05, 3.63) is 93.7 Å². The summed E-state index contributed by atoms with van der Waals surface area (Å²) in [5, 5.41) is 2.40. The molecule has 0 aliphatic rings. The molecule has 100 heavy (non-hydrogen) atoms. The van der Waals surface area contributed by atoms with Gasteiger partial charge in [0.25, 0.3) is 0 Å². The zero-order chi connectivity index (χ0) is 69.4. The Bertz CT molecular complexity index is 3920. The molecule has 538 valence electrons. The fourth-order valence-electron chi connectivity index (χ4n) is 14.5. The van der Waals surface area contributed by atoms with Crippen LogP contribution in [0.4, 0.5) is 0 Å². The van der Waals surface area contributed by atoms with Crippen molar-refractivity contribution in [3.8, 4) is 72.8 Å². The molecule has 8 heterocycles. The van der Waals surface area contributed by atoms with Crippen LogP contribution in [-0.4, -0.2) is 30.7 Å². The zero-order valence-electron chi connectivity index (χ0n) is 61.8. The summed E-state index contributed by atoms with van der Waals surface area (Å²) < 4.78 is 37.9. The standard InChI is InChI=1S/C86H114N4O2S8/c1-9-17-23-27-31-35-41-61-53-73(67-49-47-65(77-79(67)89-99-87-77)71-51-45-63(93-71)43-37-33-29-25-19-11-3)95-83(61)75-55-69-81(91-57-59(15-7)39-21-13-5)86-70(82(85(69)97-75)92-58-60(16-8)40-22-14-6)56-76(98-86)84-62(42-36-32-28-24-18-10-2)54-74(96-84)68-50-48-66(78-80(68)90-100-88-78)72-52-46-64(94-72)44-38-34-30-26-20-12-4/h45-56,59-60H,9-44,57-58H2,1-8H3. The molecule has 0 aliphatic heterocycles. The molecule has 0 amide bonds. The molecule has 0 saturated heterocycles. The average Bonchev–Trinajstić information content (AvgIpc) is 1.58. The fraction of sp³-hybridized carbons (Fsp3) is 0.558. The quantitative estimate of drug-likeness (QED) is 0.0354. The van der Waals surface area contributed by atoms with Crippen molar-refractivity contribution in [2.75, 3.05) is 13.2 Å². The third-order valence-corrected chi connectivity index (χ3v) is 29.3. The van der Waals surface area contributed by atoms with Crippen LogP contribution in [0.25, 0.3) is 104 Å². The van der Waals surface area contributed by atoms with Crippen LogP contribution in [0.5, 0.6) is 11.5 Å². The number of fused-ring (bicyclic) bond motifs is 4. The number of rotatable bonds is 48. The number of hydrogen-bond donors (Lipinski definition) is 0. The molecule has 2 atom stereocenters. The van der Waals surface area contributed by atoms with E-state index in [1.807, 2.05) is 68.0 Å². The van der Waals surface area contributed by atoms with E-state index in [9.17, 15) is 0 Å². The zero-order valence-corrected chi connectivity index (χ0v) is 68.4. The summed E-state index contributed by atoms with van der Waals surface area (Å²) in [7, 11) is 0. The first-order valence-corrected chi connectivity index (χ1v) is 45.9. The summed E-state index contributed by atoms with van der Waals surface area (Å²) in [6, 6.07) is 28.9. The maximum Gasteiger partial charge on any atom is 0.146 e. The second-order valence-electron chi connectivity index (χ2n) is 28.6. The minimum absolute atomic E-state index is 0.473. The Morgan fingerprint density at radius 2 is 0.640 bits per heavy atom. The van der Waals surface area contributed by atoms with E-state index in [2.05, 4.69) is 128 Å². The van der Waals surface area contributed by atoms with Gasteiger partial charge in [-0.1, -0.05) is 247 Å². The van der Waals surface area contributed by atoms with Gasteiger partial charge in [-0.15, -0.1) is 68.0 Å². The summed E-state index contributed by atoms with van der Waals surface area (Å²) in [4.78, 5) is 13.5. The van der Waals surface area contributed by atoms with E-state index >= 15 is 0 Å². The van der Waals surface area contributed by atoms with Crippen molar-refractivity contribution < 1.29 is 9.47 Å². The maximum atomic E-state index is 7.56. The molecule has 2 unspecified atom stereocenters. The largest absolute Gasteiger partial charge is 0.491 e. The molecule has 0 saturated carbocycles. The Hall–Kier alpha value is -4.38. The van der Waals surface area contributed by atoms with E-state index < -0.39 is 0 Å². The number of hydrogen-bond acceptors (Lipinski definition) is 14. The van der Waals surface area contributed by atoms with Crippen LogP contribution in [0.1, 0.15) is 282 Å². The molecule has 14 heteroatoms. The molecular weight excluding hydrogens is 1380 g/mol. The van der Waals surface area contributed by atoms with Crippen LogP contribution in [0.3, 0.4) is 0 Å². The number of aromatic nitrogens is 4. The van der Waals surface area contributed by atoms with Gasteiger partial charge in [0, 0.05) is 81.8 Å². The third kappa shape index (κ3) is 19.8. The van der Waals surface area contributed by atoms with Gasteiger partial charge < -0.3 is 9.47 Å². The Labute approximate surface area is 633 Å². The number of nitrogens with zero attached hydrogens (tertiary/aromatic N) is 4. The molecule has 3 aromatic carbocycles. The monoisotopic (exact) mass is 1490 g/mol. The number of aryl methyl sites for hydroxylation is 4. The summed E-state index contributed by atoms with van der Waals surface area (Å²) in [6.45, 7) is 20.0. The van der Waals surface area contributed by atoms with Gasteiger partial charge in [-0.3, -0.25) is 0 Å². The number of benzene rings is 3. The Morgan fingerprint density at radius 1 is 0.310 bits per heavy atom. The van der Waals surface area contributed by atoms with Gasteiger partial charge >= 0.3 is 0 Å². The normalized spacial score (nSPS) is 12.6. The van der Waals surface area contributed by atoms with E-state index in [0.29, 0.717) is 25.0 Å². The average molecular weight is 1490 g/mol. The number of unbranched alkanes of at least 4 members (excludes halogenated alkanes) is 22. The van der Waals surface area contributed by atoms with Crippen molar-refractivity contribution in [1.29, 1.82) is 0 Å². The van der Waals surface area contributed by atoms with E-state index in [4.69, 9.17) is 27.0 Å².